The van der Waals surface area contributed by atoms with Crippen molar-refractivity contribution in [2.45, 2.75) is 0 Å². The number of hydrogen-bond acceptors (Lipinski definition) is 4. The van der Waals surface area contributed by atoms with Crippen molar-refractivity contribution >= 4 is 22.6 Å². The number of rotatable bonds is 3. The third-order valence-corrected chi connectivity index (χ3v) is 4.63. The Morgan fingerprint density at radius 1 is 0.704 bits per heavy atom. The van der Waals surface area contributed by atoms with Crippen LogP contribution in [0.5, 0.6) is 0 Å². The summed E-state index contributed by atoms with van der Waals surface area (Å²) in [6, 6.07) is 25.6. The van der Waals surface area contributed by atoms with E-state index in [1.54, 1.807) is 18.3 Å². The van der Waals surface area contributed by atoms with Crippen molar-refractivity contribution in [3.8, 4) is 39.8 Å². The van der Waals surface area contributed by atoms with Gasteiger partial charge in [0, 0.05) is 45.5 Å². The second-order valence-electron chi connectivity index (χ2n) is 5.89. The minimum absolute atomic E-state index is 0.632. The maximum atomic E-state index is 8.96. The Bertz CT molecular complexity index is 1120. The van der Waals surface area contributed by atoms with Crippen molar-refractivity contribution in [2.24, 2.45) is 0 Å². The first kappa shape index (κ1) is 17.3. The van der Waals surface area contributed by atoms with E-state index in [0.717, 1.165) is 33.8 Å². The monoisotopic (exact) mass is 460 g/mol. The van der Waals surface area contributed by atoms with Gasteiger partial charge in [-0.15, -0.1) is 0 Å². The third kappa shape index (κ3) is 3.86. The Balaban J connectivity index is 1.69. The fourth-order valence-electron chi connectivity index (χ4n) is 2.77. The molecule has 0 N–H and O–H groups in total. The molecule has 0 aliphatic carbocycles. The molecule has 0 bridgehead atoms. The van der Waals surface area contributed by atoms with E-state index in [2.05, 4.69) is 43.6 Å². The third-order valence-electron chi connectivity index (χ3n) is 4.15. The smallest absolute Gasteiger partial charge is 0.191 e. The number of benzene rings is 2. The average Bonchev–Trinajstić information content (AvgIpc) is 2.74. The number of hydrogen-bond donors (Lipinski definition) is 0. The van der Waals surface area contributed by atoms with E-state index in [1.807, 2.05) is 60.7 Å². The number of pyridine rings is 1. The number of nitrogens with zero attached hydrogens (tertiary/aromatic N) is 4. The minimum atomic E-state index is 0.632. The predicted octanol–water partition coefficient (Wildman–Crippen LogP) is 5.35. The molecule has 2 aromatic heterocycles. The molecular formula is C22H13IN4. The van der Waals surface area contributed by atoms with Crippen LogP contribution in [0.25, 0.3) is 33.8 Å². The van der Waals surface area contributed by atoms with Crippen molar-refractivity contribution in [3.63, 3.8) is 0 Å². The topological polar surface area (TPSA) is 62.5 Å². The highest BCUT2D eigenvalue weighted by Crippen LogP contribution is 2.26. The summed E-state index contributed by atoms with van der Waals surface area (Å²) in [5, 5.41) is 8.96. The molecule has 4 rings (SSSR count). The molecule has 4 nitrogen and oxygen atoms in total. The van der Waals surface area contributed by atoms with Crippen LogP contribution in [0.4, 0.5) is 0 Å². The molecule has 0 amide bonds. The molecule has 0 aliphatic heterocycles. The molecule has 27 heavy (non-hydrogen) atoms. The van der Waals surface area contributed by atoms with Gasteiger partial charge >= 0.3 is 0 Å². The number of halogens is 1. The molecule has 0 unspecified atom stereocenters. The second kappa shape index (κ2) is 7.64. The minimum Gasteiger partial charge on any atom is -0.256 e. The zero-order chi connectivity index (χ0) is 18.6. The molecule has 2 aromatic carbocycles. The summed E-state index contributed by atoms with van der Waals surface area (Å²) in [6.07, 6.45) is 1.79. The molecule has 0 radical (unpaired) electrons. The first-order valence-electron chi connectivity index (χ1n) is 8.30. The average molecular weight is 460 g/mol. The Hall–Kier alpha value is -3.11. The molecule has 128 valence electrons. The first-order valence-corrected chi connectivity index (χ1v) is 9.38. The lowest BCUT2D eigenvalue weighted by molar-refractivity contribution is 1.12. The van der Waals surface area contributed by atoms with Gasteiger partial charge in [-0.2, -0.15) is 5.26 Å². The van der Waals surface area contributed by atoms with Gasteiger partial charge in [0.05, 0.1) is 28.7 Å². The lowest BCUT2D eigenvalue weighted by Crippen LogP contribution is -1.95. The predicted molar refractivity (Wildman–Crippen MR) is 114 cm³/mol. The van der Waals surface area contributed by atoms with Crippen LogP contribution in [0, 0.1) is 15.2 Å². The van der Waals surface area contributed by atoms with Crippen molar-refractivity contribution in [1.82, 2.24) is 15.0 Å². The van der Waals surface area contributed by atoms with E-state index in [0.29, 0.717) is 9.39 Å². The van der Waals surface area contributed by atoms with Gasteiger partial charge in [0.15, 0.2) is 3.83 Å². The largest absolute Gasteiger partial charge is 0.256 e. The molecule has 0 saturated heterocycles. The van der Waals surface area contributed by atoms with Crippen molar-refractivity contribution in [2.75, 3.05) is 0 Å². The number of aromatic nitrogens is 3. The summed E-state index contributed by atoms with van der Waals surface area (Å²) < 4.78 is 0.679. The summed E-state index contributed by atoms with van der Waals surface area (Å²) in [4.78, 5) is 13.5. The van der Waals surface area contributed by atoms with Gasteiger partial charge in [-0.25, -0.2) is 9.97 Å². The van der Waals surface area contributed by atoms with Gasteiger partial charge in [-0.1, -0.05) is 42.5 Å². The lowest BCUT2D eigenvalue weighted by Gasteiger charge is -2.07. The highest BCUT2D eigenvalue weighted by Gasteiger charge is 2.08. The van der Waals surface area contributed by atoms with Crippen LogP contribution in [0.2, 0.25) is 0 Å². The van der Waals surface area contributed by atoms with Gasteiger partial charge in [0.2, 0.25) is 0 Å². The van der Waals surface area contributed by atoms with E-state index >= 15 is 0 Å². The molecule has 4 aromatic rings. The second-order valence-corrected chi connectivity index (χ2v) is 6.85. The molecule has 5 heteroatoms. The summed E-state index contributed by atoms with van der Waals surface area (Å²) in [7, 11) is 0. The normalized spacial score (nSPS) is 10.4. The maximum absolute atomic E-state index is 8.96. The highest BCUT2D eigenvalue weighted by atomic mass is 127. The molecule has 2 heterocycles. The quantitative estimate of drug-likeness (QED) is 0.306. The Morgan fingerprint density at radius 2 is 1.26 bits per heavy atom. The fourth-order valence-corrected chi connectivity index (χ4v) is 3.29. The first-order chi connectivity index (χ1) is 13.2. The summed E-state index contributed by atoms with van der Waals surface area (Å²) >= 11 is 2.13. The van der Waals surface area contributed by atoms with E-state index in [-0.39, 0.29) is 0 Å². The van der Waals surface area contributed by atoms with E-state index in [9.17, 15) is 0 Å². The Labute approximate surface area is 170 Å². The summed E-state index contributed by atoms with van der Waals surface area (Å²) in [5.74, 6) is 0. The van der Waals surface area contributed by atoms with Gasteiger partial charge < -0.3 is 0 Å². The van der Waals surface area contributed by atoms with E-state index in [1.165, 1.54) is 0 Å². The van der Waals surface area contributed by atoms with Crippen LogP contribution in [0.3, 0.4) is 0 Å². The Kier molecular flexibility index (Phi) is 4.90. The lowest BCUT2D eigenvalue weighted by atomic mass is 10.0. The SMILES string of the molecule is N#Cc1ccc(-c2cc(-c3ccc(-c4ccccn4)cc3)nc(I)n2)cc1. The molecule has 0 atom stereocenters. The molecule has 0 saturated carbocycles. The molecule has 0 spiro atoms. The fraction of sp³-hybridized carbons (Fsp3) is 0. The van der Waals surface area contributed by atoms with E-state index in [4.69, 9.17) is 5.26 Å². The van der Waals surface area contributed by atoms with Crippen LogP contribution >= 0.6 is 22.6 Å². The zero-order valence-electron chi connectivity index (χ0n) is 14.2. The maximum Gasteiger partial charge on any atom is 0.191 e. The number of nitriles is 1. The summed E-state index contributed by atoms with van der Waals surface area (Å²) in [6.45, 7) is 0. The van der Waals surface area contributed by atoms with Crippen molar-refractivity contribution < 1.29 is 0 Å². The van der Waals surface area contributed by atoms with Crippen molar-refractivity contribution in [1.29, 1.82) is 5.26 Å². The zero-order valence-corrected chi connectivity index (χ0v) is 16.3. The van der Waals surface area contributed by atoms with Crippen LogP contribution < -0.4 is 0 Å². The van der Waals surface area contributed by atoms with Crippen LogP contribution in [0.15, 0.2) is 79.0 Å². The molecular weight excluding hydrogens is 447 g/mol. The standard InChI is InChI=1S/C22H13IN4/c23-22-26-20(17-6-4-15(14-24)5-7-17)13-21(27-22)18-10-8-16(9-11-18)19-3-1-2-12-25-19/h1-13H. The van der Waals surface area contributed by atoms with Crippen LogP contribution in [-0.2, 0) is 0 Å². The molecule has 0 aliphatic rings. The Morgan fingerprint density at radius 3 is 1.78 bits per heavy atom. The summed E-state index contributed by atoms with van der Waals surface area (Å²) in [5.41, 5.74) is 6.32. The van der Waals surface area contributed by atoms with Gasteiger partial charge in [-0.3, -0.25) is 4.98 Å². The van der Waals surface area contributed by atoms with Crippen LogP contribution in [-0.4, -0.2) is 15.0 Å². The van der Waals surface area contributed by atoms with Gasteiger partial charge in [0.25, 0.3) is 0 Å². The molecule has 0 fully saturated rings. The van der Waals surface area contributed by atoms with Crippen LogP contribution in [0.1, 0.15) is 5.56 Å². The van der Waals surface area contributed by atoms with Crippen molar-refractivity contribution in [3.05, 3.63) is 88.4 Å². The van der Waals surface area contributed by atoms with Gasteiger partial charge in [-0.05, 0) is 30.3 Å². The van der Waals surface area contributed by atoms with Gasteiger partial charge in [0.1, 0.15) is 0 Å². The van der Waals surface area contributed by atoms with E-state index < -0.39 is 0 Å². The highest BCUT2D eigenvalue weighted by molar-refractivity contribution is 14.1.